The number of nitrogens with one attached hydrogen (secondary N) is 1. The van der Waals surface area contributed by atoms with Crippen molar-refractivity contribution in [2.75, 3.05) is 19.8 Å². The lowest BCUT2D eigenvalue weighted by molar-refractivity contribution is -0.122. The Bertz CT molecular complexity index is 160. The van der Waals surface area contributed by atoms with Crippen molar-refractivity contribution in [2.45, 2.75) is 33.2 Å². The number of nitrogens with two attached hydrogens (primary N) is 1. The van der Waals surface area contributed by atoms with E-state index in [4.69, 9.17) is 10.5 Å². The monoisotopic (exact) mass is 202 g/mol. The van der Waals surface area contributed by atoms with Gasteiger partial charge >= 0.3 is 0 Å². The van der Waals surface area contributed by atoms with E-state index < -0.39 is 5.91 Å². The van der Waals surface area contributed by atoms with E-state index in [9.17, 15) is 4.79 Å². The molecule has 84 valence electrons. The Morgan fingerprint density at radius 1 is 1.43 bits per heavy atom. The summed E-state index contributed by atoms with van der Waals surface area (Å²) in [5.74, 6) is 0.282. The zero-order valence-corrected chi connectivity index (χ0v) is 9.38. The molecule has 0 aromatic carbocycles. The van der Waals surface area contributed by atoms with Crippen molar-refractivity contribution in [3.8, 4) is 0 Å². The largest absolute Gasteiger partial charge is 0.370 e. The normalized spacial score (nSPS) is 13.1. The predicted molar refractivity (Wildman–Crippen MR) is 56.9 cm³/mol. The highest BCUT2D eigenvalue weighted by Gasteiger charge is 2.03. The summed E-state index contributed by atoms with van der Waals surface area (Å²) in [6, 6.07) is 0.493. The van der Waals surface area contributed by atoms with Crippen molar-refractivity contribution >= 4 is 5.91 Å². The summed E-state index contributed by atoms with van der Waals surface area (Å²) in [4.78, 5) is 10.3. The van der Waals surface area contributed by atoms with E-state index in [2.05, 4.69) is 26.1 Å². The van der Waals surface area contributed by atoms with Crippen molar-refractivity contribution < 1.29 is 9.53 Å². The van der Waals surface area contributed by atoms with Gasteiger partial charge in [0.05, 0.1) is 6.61 Å². The molecular weight excluding hydrogens is 180 g/mol. The van der Waals surface area contributed by atoms with Crippen molar-refractivity contribution in [3.05, 3.63) is 0 Å². The van der Waals surface area contributed by atoms with E-state index in [1.165, 1.54) is 0 Å². The van der Waals surface area contributed by atoms with Gasteiger partial charge in [0, 0.05) is 12.6 Å². The zero-order valence-electron chi connectivity index (χ0n) is 9.38. The Balaban J connectivity index is 3.23. The minimum Gasteiger partial charge on any atom is -0.370 e. The van der Waals surface area contributed by atoms with Gasteiger partial charge in [-0.3, -0.25) is 4.79 Å². The Kier molecular flexibility index (Phi) is 7.42. The predicted octanol–water partition coefficient (Wildman–Crippen LogP) is 0.513. The summed E-state index contributed by atoms with van der Waals surface area (Å²) in [6.45, 7) is 7.85. The molecule has 0 heterocycles. The van der Waals surface area contributed by atoms with E-state index in [0.717, 1.165) is 13.0 Å². The molecule has 0 aliphatic rings. The standard InChI is InChI=1S/C10H22N2O2/c1-8(2)6-9(3)12-4-5-14-7-10(11)13/h8-9,12H,4-7H2,1-3H3,(H2,11,13). The first-order chi connectivity index (χ1) is 6.52. The van der Waals surface area contributed by atoms with Crippen LogP contribution in [-0.4, -0.2) is 31.7 Å². The molecule has 0 aliphatic heterocycles. The van der Waals surface area contributed by atoms with E-state index in [1.54, 1.807) is 0 Å². The highest BCUT2D eigenvalue weighted by Crippen LogP contribution is 2.02. The van der Waals surface area contributed by atoms with Crippen LogP contribution in [0.2, 0.25) is 0 Å². The molecule has 0 bridgehead atoms. The molecule has 0 aromatic heterocycles. The van der Waals surface area contributed by atoms with Gasteiger partial charge in [-0.2, -0.15) is 0 Å². The van der Waals surface area contributed by atoms with Crippen molar-refractivity contribution in [3.63, 3.8) is 0 Å². The van der Waals surface area contributed by atoms with Crippen molar-refractivity contribution in [2.24, 2.45) is 11.7 Å². The summed E-state index contributed by atoms with van der Waals surface area (Å²) in [5.41, 5.74) is 4.92. The summed E-state index contributed by atoms with van der Waals surface area (Å²) >= 11 is 0. The SMILES string of the molecule is CC(C)CC(C)NCCOCC(N)=O. The van der Waals surface area contributed by atoms with Crippen molar-refractivity contribution in [1.29, 1.82) is 0 Å². The molecule has 0 saturated heterocycles. The van der Waals surface area contributed by atoms with E-state index >= 15 is 0 Å². The van der Waals surface area contributed by atoms with E-state index in [1.807, 2.05) is 0 Å². The maximum absolute atomic E-state index is 10.3. The Morgan fingerprint density at radius 2 is 2.07 bits per heavy atom. The van der Waals surface area contributed by atoms with Crippen LogP contribution in [0.1, 0.15) is 27.2 Å². The summed E-state index contributed by atoms with van der Waals surface area (Å²) in [5, 5.41) is 3.31. The van der Waals surface area contributed by atoms with Crippen LogP contribution in [0.25, 0.3) is 0 Å². The number of ether oxygens (including phenoxy) is 1. The van der Waals surface area contributed by atoms with Gasteiger partial charge in [-0.15, -0.1) is 0 Å². The molecule has 0 radical (unpaired) electrons. The van der Waals surface area contributed by atoms with Gasteiger partial charge in [0.1, 0.15) is 6.61 Å². The molecule has 14 heavy (non-hydrogen) atoms. The third-order valence-electron chi connectivity index (χ3n) is 1.81. The Hall–Kier alpha value is -0.610. The Labute approximate surface area is 86.2 Å². The molecular formula is C10H22N2O2. The van der Waals surface area contributed by atoms with Crippen LogP contribution in [0.5, 0.6) is 0 Å². The first-order valence-corrected chi connectivity index (χ1v) is 5.11. The van der Waals surface area contributed by atoms with Crippen LogP contribution in [0, 0.1) is 5.92 Å². The summed E-state index contributed by atoms with van der Waals surface area (Å²) in [6.07, 6.45) is 1.15. The molecule has 0 aliphatic carbocycles. The maximum Gasteiger partial charge on any atom is 0.243 e. The first kappa shape index (κ1) is 13.4. The van der Waals surface area contributed by atoms with Gasteiger partial charge < -0.3 is 15.8 Å². The highest BCUT2D eigenvalue weighted by molar-refractivity contribution is 5.74. The fourth-order valence-electron chi connectivity index (χ4n) is 1.34. The fourth-order valence-corrected chi connectivity index (χ4v) is 1.34. The second-order valence-corrected chi connectivity index (χ2v) is 4.00. The molecule has 0 saturated carbocycles. The second-order valence-electron chi connectivity index (χ2n) is 4.00. The highest BCUT2D eigenvalue weighted by atomic mass is 16.5. The van der Waals surface area contributed by atoms with Crippen LogP contribution in [0.15, 0.2) is 0 Å². The fraction of sp³-hybridized carbons (Fsp3) is 0.900. The lowest BCUT2D eigenvalue weighted by atomic mass is 10.1. The molecule has 0 spiro atoms. The minimum atomic E-state index is -0.416. The average molecular weight is 202 g/mol. The lowest BCUT2D eigenvalue weighted by Crippen LogP contribution is -2.31. The second kappa shape index (κ2) is 7.76. The molecule has 0 rings (SSSR count). The van der Waals surface area contributed by atoms with Crippen LogP contribution in [0.4, 0.5) is 0 Å². The molecule has 3 N–H and O–H groups in total. The minimum absolute atomic E-state index is 0.0141. The number of carbonyl (C=O) groups is 1. The van der Waals surface area contributed by atoms with Crippen LogP contribution in [0.3, 0.4) is 0 Å². The number of rotatable bonds is 8. The molecule has 0 fully saturated rings. The number of primary amides is 1. The molecule has 1 amide bonds. The topological polar surface area (TPSA) is 64.3 Å². The number of hydrogen-bond acceptors (Lipinski definition) is 3. The zero-order chi connectivity index (χ0) is 11.0. The quantitative estimate of drug-likeness (QED) is 0.564. The van der Waals surface area contributed by atoms with Gasteiger partial charge in [-0.25, -0.2) is 0 Å². The Morgan fingerprint density at radius 3 is 2.57 bits per heavy atom. The number of hydrogen-bond donors (Lipinski definition) is 2. The van der Waals surface area contributed by atoms with Gasteiger partial charge in [-0.1, -0.05) is 13.8 Å². The van der Waals surface area contributed by atoms with Gasteiger partial charge in [0.2, 0.25) is 5.91 Å². The number of carbonyl (C=O) groups excluding carboxylic acids is 1. The summed E-state index contributed by atoms with van der Waals surface area (Å²) in [7, 11) is 0. The van der Waals surface area contributed by atoms with E-state index in [0.29, 0.717) is 18.6 Å². The molecule has 4 heteroatoms. The van der Waals surface area contributed by atoms with Crippen LogP contribution < -0.4 is 11.1 Å². The van der Waals surface area contributed by atoms with E-state index in [-0.39, 0.29) is 6.61 Å². The van der Waals surface area contributed by atoms with Gasteiger partial charge in [0.15, 0.2) is 0 Å². The average Bonchev–Trinajstić information content (AvgIpc) is 2.01. The lowest BCUT2D eigenvalue weighted by Gasteiger charge is -2.15. The third kappa shape index (κ3) is 9.48. The molecule has 4 nitrogen and oxygen atoms in total. The summed E-state index contributed by atoms with van der Waals surface area (Å²) < 4.78 is 5.01. The molecule has 1 unspecified atom stereocenters. The molecule has 0 aromatic rings. The first-order valence-electron chi connectivity index (χ1n) is 5.11. The van der Waals surface area contributed by atoms with Crippen LogP contribution >= 0.6 is 0 Å². The van der Waals surface area contributed by atoms with Crippen LogP contribution in [-0.2, 0) is 9.53 Å². The maximum atomic E-state index is 10.3. The van der Waals surface area contributed by atoms with Crippen molar-refractivity contribution in [1.82, 2.24) is 5.32 Å². The number of amides is 1. The van der Waals surface area contributed by atoms with Gasteiger partial charge in [-0.05, 0) is 19.3 Å². The van der Waals surface area contributed by atoms with Gasteiger partial charge in [0.25, 0.3) is 0 Å². The molecule has 1 atom stereocenters. The third-order valence-corrected chi connectivity index (χ3v) is 1.81. The smallest absolute Gasteiger partial charge is 0.243 e.